The van der Waals surface area contributed by atoms with Crippen molar-refractivity contribution in [3.63, 3.8) is 0 Å². The number of carbonyl (C=O) groups excluding carboxylic acids is 1. The van der Waals surface area contributed by atoms with E-state index < -0.39 is 18.2 Å². The maximum absolute atomic E-state index is 12.0. The van der Waals surface area contributed by atoms with Gasteiger partial charge >= 0.3 is 11.9 Å². The number of hydrogen-bond acceptors (Lipinski definition) is 4. The number of hydrogen-bond donors (Lipinski definition) is 2. The number of aliphatic hydroxyl groups excluding tert-OH is 1. The SMILES string of the molecule is CCC1C=C1C/C=C/CC(O)/C=C/C=C/C/C=C/C/C=C/CCC(=O)OC(CC(=O)O)C[N+](C)(C)C. The Kier molecular flexibility index (Phi) is 15.4. The number of aliphatic hydroxyl groups is 1. The summed E-state index contributed by atoms with van der Waals surface area (Å²) < 4.78 is 5.90. The van der Waals surface area contributed by atoms with Crippen molar-refractivity contribution in [2.75, 3.05) is 27.7 Å². The monoisotopic (exact) mass is 500 g/mol. The van der Waals surface area contributed by atoms with Crippen LogP contribution in [0, 0.1) is 5.92 Å². The molecule has 36 heavy (non-hydrogen) atoms. The molecule has 0 aliphatic heterocycles. The van der Waals surface area contributed by atoms with Gasteiger partial charge in [-0.2, -0.15) is 0 Å². The van der Waals surface area contributed by atoms with Crippen LogP contribution < -0.4 is 0 Å². The zero-order valence-electron chi connectivity index (χ0n) is 22.5. The van der Waals surface area contributed by atoms with Gasteiger partial charge in [0.25, 0.3) is 0 Å². The van der Waals surface area contributed by atoms with E-state index >= 15 is 0 Å². The predicted molar refractivity (Wildman–Crippen MR) is 146 cm³/mol. The van der Waals surface area contributed by atoms with Crippen LogP contribution in [-0.4, -0.2) is 66.5 Å². The maximum Gasteiger partial charge on any atom is 0.307 e. The van der Waals surface area contributed by atoms with Gasteiger partial charge in [0, 0.05) is 6.42 Å². The first-order valence-electron chi connectivity index (χ1n) is 13.0. The summed E-state index contributed by atoms with van der Waals surface area (Å²) in [5.74, 6) is -0.614. The van der Waals surface area contributed by atoms with Gasteiger partial charge in [-0.25, -0.2) is 0 Å². The molecule has 1 rings (SSSR count). The van der Waals surface area contributed by atoms with E-state index in [0.717, 1.165) is 25.2 Å². The molecule has 6 nitrogen and oxygen atoms in total. The average Bonchev–Trinajstić information content (AvgIpc) is 3.54. The van der Waals surface area contributed by atoms with Crippen molar-refractivity contribution in [2.24, 2.45) is 5.92 Å². The van der Waals surface area contributed by atoms with Crippen LogP contribution in [0.2, 0.25) is 0 Å². The van der Waals surface area contributed by atoms with Crippen LogP contribution in [-0.2, 0) is 14.3 Å². The third kappa shape index (κ3) is 17.7. The summed E-state index contributed by atoms with van der Waals surface area (Å²) in [7, 11) is 5.81. The molecular formula is C30H46NO5+. The summed E-state index contributed by atoms with van der Waals surface area (Å²) >= 11 is 0. The summed E-state index contributed by atoms with van der Waals surface area (Å²) in [6.07, 6.45) is 26.2. The quantitative estimate of drug-likeness (QED) is 0.105. The van der Waals surface area contributed by atoms with E-state index in [1.807, 2.05) is 57.6 Å². The van der Waals surface area contributed by atoms with Gasteiger partial charge in [-0.3, -0.25) is 9.59 Å². The number of carboxylic acid groups (broad SMARTS) is 1. The fraction of sp³-hybridized carbons (Fsp3) is 0.533. The van der Waals surface area contributed by atoms with Crippen molar-refractivity contribution < 1.29 is 29.0 Å². The number of ether oxygens (including phenoxy) is 1. The number of carbonyl (C=O) groups is 2. The first kappa shape index (κ1) is 31.3. The van der Waals surface area contributed by atoms with E-state index in [4.69, 9.17) is 9.84 Å². The van der Waals surface area contributed by atoms with Gasteiger partial charge in [-0.05, 0) is 44.4 Å². The van der Waals surface area contributed by atoms with Gasteiger partial charge in [-0.15, -0.1) is 0 Å². The van der Waals surface area contributed by atoms with E-state index in [9.17, 15) is 14.7 Å². The molecule has 1 aliphatic carbocycles. The molecule has 0 spiro atoms. The van der Waals surface area contributed by atoms with E-state index in [0.29, 0.717) is 23.9 Å². The molecule has 0 aromatic carbocycles. The van der Waals surface area contributed by atoms with Crippen LogP contribution in [0.3, 0.4) is 0 Å². The molecule has 1 aliphatic rings. The Morgan fingerprint density at radius 3 is 2.36 bits per heavy atom. The number of carboxylic acids is 1. The number of allylic oxidation sites excluding steroid dienone is 10. The molecule has 6 heteroatoms. The van der Waals surface area contributed by atoms with E-state index in [2.05, 4.69) is 31.2 Å². The second-order valence-electron chi connectivity index (χ2n) is 10.2. The minimum atomic E-state index is -0.966. The molecule has 200 valence electrons. The number of esters is 1. The van der Waals surface area contributed by atoms with Gasteiger partial charge in [0.1, 0.15) is 6.54 Å². The lowest BCUT2D eigenvalue weighted by Gasteiger charge is -2.28. The van der Waals surface area contributed by atoms with Crippen LogP contribution >= 0.6 is 0 Å². The molecule has 0 bridgehead atoms. The molecule has 0 fully saturated rings. The second kappa shape index (κ2) is 17.7. The Labute approximate surface area is 217 Å². The summed E-state index contributed by atoms with van der Waals surface area (Å²) in [4.78, 5) is 23.0. The Hall–Kier alpha value is -2.70. The molecule has 2 N–H and O–H groups in total. The number of quaternary nitrogens is 1. The molecule has 3 unspecified atom stereocenters. The van der Waals surface area contributed by atoms with Crippen LogP contribution in [0.5, 0.6) is 0 Å². The van der Waals surface area contributed by atoms with E-state index in [1.165, 1.54) is 12.0 Å². The summed E-state index contributed by atoms with van der Waals surface area (Å²) in [5.41, 5.74) is 1.52. The highest BCUT2D eigenvalue weighted by Gasteiger charge is 2.24. The number of likely N-dealkylation sites (N-methyl/N-ethyl adjacent to an activating group) is 1. The lowest BCUT2D eigenvalue weighted by molar-refractivity contribution is -0.873. The fourth-order valence-corrected chi connectivity index (χ4v) is 3.65. The largest absolute Gasteiger partial charge is 0.481 e. The third-order valence-electron chi connectivity index (χ3n) is 5.55. The molecule has 0 radical (unpaired) electrons. The van der Waals surface area contributed by atoms with E-state index in [1.54, 1.807) is 6.08 Å². The van der Waals surface area contributed by atoms with Crippen molar-refractivity contribution in [2.45, 2.75) is 70.5 Å². The lowest BCUT2D eigenvalue weighted by Crippen LogP contribution is -2.43. The second-order valence-corrected chi connectivity index (χ2v) is 10.2. The van der Waals surface area contributed by atoms with Gasteiger partial charge < -0.3 is 19.4 Å². The molecule has 0 amide bonds. The van der Waals surface area contributed by atoms with Gasteiger partial charge in [0.2, 0.25) is 0 Å². The van der Waals surface area contributed by atoms with Crippen LogP contribution in [0.25, 0.3) is 0 Å². The Balaban J connectivity index is 2.12. The minimum absolute atomic E-state index is 0.178. The Morgan fingerprint density at radius 2 is 1.72 bits per heavy atom. The van der Waals surface area contributed by atoms with Gasteiger partial charge in [-0.1, -0.05) is 79.3 Å². The van der Waals surface area contributed by atoms with Crippen molar-refractivity contribution in [3.05, 3.63) is 72.4 Å². The molecular weight excluding hydrogens is 454 g/mol. The number of aliphatic carboxylic acids is 1. The zero-order chi connectivity index (χ0) is 26.8. The van der Waals surface area contributed by atoms with Crippen LogP contribution in [0.4, 0.5) is 0 Å². The maximum atomic E-state index is 12.0. The van der Waals surface area contributed by atoms with Crippen LogP contribution in [0.15, 0.2) is 72.4 Å². The normalized spacial score (nSPS) is 18.0. The standard InChI is InChI=1S/C30H45NO5/c1-5-25-22-26(25)18-16-17-20-27(32)19-14-12-10-8-6-7-9-11-13-15-21-30(35)36-28(23-29(33)34)24-31(2,3)4/h6-7,10-14,16-17,19,22,25,27-28,32H,5,8-9,15,18,20-21,23-24H2,1-4H3/p+1/b7-6+,12-10+,13-11+,17-16+,19-14+. The molecule has 0 aromatic heterocycles. The van der Waals surface area contributed by atoms with Gasteiger partial charge in [0.05, 0.1) is 33.7 Å². The Morgan fingerprint density at radius 1 is 1.03 bits per heavy atom. The summed E-state index contributed by atoms with van der Waals surface area (Å²) in [6, 6.07) is 0. The lowest BCUT2D eigenvalue weighted by atomic mass is 10.1. The number of rotatable bonds is 19. The van der Waals surface area contributed by atoms with E-state index in [-0.39, 0.29) is 18.8 Å². The third-order valence-corrected chi connectivity index (χ3v) is 5.55. The fourth-order valence-electron chi connectivity index (χ4n) is 3.65. The zero-order valence-corrected chi connectivity index (χ0v) is 22.5. The Bertz CT molecular complexity index is 842. The number of nitrogens with zero attached hydrogens (tertiary/aromatic N) is 1. The first-order chi connectivity index (χ1) is 17.1. The van der Waals surface area contributed by atoms with Crippen molar-refractivity contribution in [3.8, 4) is 0 Å². The highest BCUT2D eigenvalue weighted by Crippen LogP contribution is 2.34. The van der Waals surface area contributed by atoms with Crippen molar-refractivity contribution in [1.29, 1.82) is 0 Å². The molecule has 0 heterocycles. The smallest absolute Gasteiger partial charge is 0.307 e. The molecule has 0 saturated carbocycles. The van der Waals surface area contributed by atoms with Crippen LogP contribution in [0.1, 0.15) is 58.3 Å². The minimum Gasteiger partial charge on any atom is -0.481 e. The topological polar surface area (TPSA) is 83.8 Å². The van der Waals surface area contributed by atoms with Crippen molar-refractivity contribution in [1.82, 2.24) is 0 Å². The summed E-state index contributed by atoms with van der Waals surface area (Å²) in [5, 5.41) is 19.0. The molecule has 0 saturated heterocycles. The predicted octanol–water partition coefficient (Wildman–Crippen LogP) is 5.53. The van der Waals surface area contributed by atoms with Crippen molar-refractivity contribution >= 4 is 11.9 Å². The molecule has 3 atom stereocenters. The van der Waals surface area contributed by atoms with Gasteiger partial charge in [0.15, 0.2) is 6.10 Å². The first-order valence-corrected chi connectivity index (χ1v) is 13.0. The average molecular weight is 501 g/mol. The molecule has 0 aromatic rings. The summed E-state index contributed by atoms with van der Waals surface area (Å²) in [6.45, 7) is 2.66. The highest BCUT2D eigenvalue weighted by atomic mass is 16.5. The highest BCUT2D eigenvalue weighted by molar-refractivity contribution is 5.71.